The van der Waals surface area contributed by atoms with Crippen molar-refractivity contribution in [1.29, 1.82) is 0 Å². The van der Waals surface area contributed by atoms with Crippen LogP contribution >= 0.6 is 0 Å². The Morgan fingerprint density at radius 3 is 2.57 bits per heavy atom. The topological polar surface area (TPSA) is 21.8 Å². The molecule has 2 fully saturated rings. The average molecular weight is 196 g/mol. The van der Waals surface area contributed by atoms with E-state index in [1.54, 1.807) is 0 Å². The Morgan fingerprint density at radius 2 is 2.00 bits per heavy atom. The maximum absolute atomic E-state index is 5.78. The van der Waals surface area contributed by atoms with Gasteiger partial charge < -0.3 is 9.47 Å². The van der Waals surface area contributed by atoms with E-state index in [4.69, 9.17) is 9.47 Å². The molecule has 1 heterocycles. The van der Waals surface area contributed by atoms with Crippen molar-refractivity contribution in [2.75, 3.05) is 13.2 Å². The fraction of sp³-hybridized carbons (Fsp3) is 0.833. The Kier molecular flexibility index (Phi) is 3.60. The van der Waals surface area contributed by atoms with E-state index in [2.05, 4.69) is 19.1 Å². The molecule has 0 bridgehead atoms. The first-order valence-corrected chi connectivity index (χ1v) is 5.74. The smallest absolute Gasteiger partial charge is 0.104 e. The van der Waals surface area contributed by atoms with Gasteiger partial charge in [0.25, 0.3) is 0 Å². The van der Waals surface area contributed by atoms with E-state index in [0.717, 1.165) is 19.1 Å². The van der Waals surface area contributed by atoms with Gasteiger partial charge in [-0.3, -0.25) is 0 Å². The average Bonchev–Trinajstić information content (AvgIpc) is 3.01. The van der Waals surface area contributed by atoms with Crippen molar-refractivity contribution < 1.29 is 9.47 Å². The van der Waals surface area contributed by atoms with Gasteiger partial charge in [-0.2, -0.15) is 0 Å². The van der Waals surface area contributed by atoms with Crippen LogP contribution in [-0.4, -0.2) is 25.4 Å². The van der Waals surface area contributed by atoms with E-state index in [9.17, 15) is 0 Å². The lowest BCUT2D eigenvalue weighted by molar-refractivity contribution is 0.0143. The molecule has 0 aromatic carbocycles. The van der Waals surface area contributed by atoms with Gasteiger partial charge in [-0.25, -0.2) is 0 Å². The summed E-state index contributed by atoms with van der Waals surface area (Å²) >= 11 is 0. The number of hydrogen-bond acceptors (Lipinski definition) is 2. The summed E-state index contributed by atoms with van der Waals surface area (Å²) in [5.74, 6) is 0.803. The van der Waals surface area contributed by atoms with Crippen LogP contribution in [0.15, 0.2) is 12.2 Å². The molecule has 2 nitrogen and oxygen atoms in total. The summed E-state index contributed by atoms with van der Waals surface area (Å²) < 4.78 is 10.9. The Balaban J connectivity index is 1.62. The van der Waals surface area contributed by atoms with Gasteiger partial charge in [0.15, 0.2) is 0 Å². The fourth-order valence-corrected chi connectivity index (χ4v) is 2.13. The van der Waals surface area contributed by atoms with E-state index in [1.165, 1.54) is 25.7 Å². The maximum Gasteiger partial charge on any atom is 0.104 e. The van der Waals surface area contributed by atoms with Gasteiger partial charge in [0.1, 0.15) is 6.10 Å². The van der Waals surface area contributed by atoms with Crippen LogP contribution in [0.3, 0.4) is 0 Å². The minimum Gasteiger partial charge on any atom is -0.375 e. The summed E-state index contributed by atoms with van der Waals surface area (Å²) in [6.45, 7) is 3.83. The normalized spacial score (nSPS) is 37.6. The van der Waals surface area contributed by atoms with E-state index in [-0.39, 0.29) is 0 Å². The molecule has 80 valence electrons. The molecule has 0 spiro atoms. The van der Waals surface area contributed by atoms with Crippen molar-refractivity contribution in [1.82, 2.24) is 0 Å². The van der Waals surface area contributed by atoms with Gasteiger partial charge in [0.2, 0.25) is 0 Å². The summed E-state index contributed by atoms with van der Waals surface area (Å²) in [6, 6.07) is 0. The molecule has 1 saturated heterocycles. The minimum absolute atomic E-state index is 0.420. The minimum atomic E-state index is 0.420. The monoisotopic (exact) mass is 196 g/mol. The Morgan fingerprint density at radius 1 is 1.29 bits per heavy atom. The molecular formula is C12H20O2. The first-order chi connectivity index (χ1) is 6.88. The van der Waals surface area contributed by atoms with Crippen molar-refractivity contribution in [3.63, 3.8) is 0 Å². The van der Waals surface area contributed by atoms with E-state index >= 15 is 0 Å². The standard InChI is InChI=1S/C12H20O2/c1-2-3-10-4-6-11(7-5-10)13-8-12-9-14-12/h2-3,10-12H,4-9H2,1H3. The second-order valence-electron chi connectivity index (χ2n) is 4.35. The fourth-order valence-electron chi connectivity index (χ4n) is 2.13. The highest BCUT2D eigenvalue weighted by Crippen LogP contribution is 2.27. The summed E-state index contributed by atoms with van der Waals surface area (Å²) in [7, 11) is 0. The second kappa shape index (κ2) is 4.94. The zero-order valence-electron chi connectivity index (χ0n) is 8.95. The number of hydrogen-bond donors (Lipinski definition) is 0. The lowest BCUT2D eigenvalue weighted by Gasteiger charge is -2.26. The van der Waals surface area contributed by atoms with Crippen LogP contribution in [0.2, 0.25) is 0 Å². The Labute approximate surface area is 86.3 Å². The van der Waals surface area contributed by atoms with Crippen LogP contribution in [0, 0.1) is 5.92 Å². The van der Waals surface area contributed by atoms with Crippen LogP contribution in [0.25, 0.3) is 0 Å². The number of ether oxygens (including phenoxy) is 2. The van der Waals surface area contributed by atoms with Gasteiger partial charge >= 0.3 is 0 Å². The molecule has 1 atom stereocenters. The van der Waals surface area contributed by atoms with Crippen LogP contribution in [0.5, 0.6) is 0 Å². The highest BCUT2D eigenvalue weighted by molar-refractivity contribution is 4.89. The highest BCUT2D eigenvalue weighted by Gasteiger charge is 2.26. The molecule has 0 aromatic rings. The Bertz CT molecular complexity index is 188. The Hall–Kier alpha value is -0.340. The maximum atomic E-state index is 5.78. The molecule has 14 heavy (non-hydrogen) atoms. The molecular weight excluding hydrogens is 176 g/mol. The van der Waals surface area contributed by atoms with Crippen molar-refractivity contribution in [2.24, 2.45) is 5.92 Å². The van der Waals surface area contributed by atoms with E-state index < -0.39 is 0 Å². The zero-order valence-corrected chi connectivity index (χ0v) is 8.95. The molecule has 0 N–H and O–H groups in total. The third-order valence-corrected chi connectivity index (χ3v) is 3.10. The lowest BCUT2D eigenvalue weighted by atomic mass is 9.87. The van der Waals surface area contributed by atoms with Crippen molar-refractivity contribution >= 4 is 0 Å². The number of epoxide rings is 1. The molecule has 1 unspecified atom stereocenters. The van der Waals surface area contributed by atoms with Crippen LogP contribution in [-0.2, 0) is 9.47 Å². The SMILES string of the molecule is CC=CC1CCC(OCC2CO2)CC1. The molecule has 0 aromatic heterocycles. The molecule has 2 heteroatoms. The molecule has 2 rings (SSSR count). The van der Waals surface area contributed by atoms with E-state index in [0.29, 0.717) is 12.2 Å². The van der Waals surface area contributed by atoms with Gasteiger partial charge in [-0.1, -0.05) is 12.2 Å². The molecule has 0 radical (unpaired) electrons. The van der Waals surface area contributed by atoms with Gasteiger partial charge in [0.05, 0.1) is 19.3 Å². The second-order valence-corrected chi connectivity index (χ2v) is 4.35. The summed E-state index contributed by atoms with van der Waals surface area (Å²) in [4.78, 5) is 0. The summed E-state index contributed by atoms with van der Waals surface area (Å²) in [5.41, 5.74) is 0. The van der Waals surface area contributed by atoms with Crippen LogP contribution in [0.4, 0.5) is 0 Å². The molecule has 0 amide bonds. The van der Waals surface area contributed by atoms with Crippen molar-refractivity contribution in [3.05, 3.63) is 12.2 Å². The highest BCUT2D eigenvalue weighted by atomic mass is 16.6. The lowest BCUT2D eigenvalue weighted by Crippen LogP contribution is -2.22. The van der Waals surface area contributed by atoms with Crippen molar-refractivity contribution in [2.45, 2.75) is 44.8 Å². The third-order valence-electron chi connectivity index (χ3n) is 3.10. The first kappa shape index (κ1) is 10.2. The number of allylic oxidation sites excluding steroid dienone is 2. The molecule has 1 aliphatic heterocycles. The predicted octanol–water partition coefficient (Wildman–Crippen LogP) is 2.54. The summed E-state index contributed by atoms with van der Waals surface area (Å²) in [6.07, 6.45) is 10.5. The molecule has 1 saturated carbocycles. The van der Waals surface area contributed by atoms with Gasteiger partial charge in [-0.15, -0.1) is 0 Å². The predicted molar refractivity (Wildman–Crippen MR) is 56.3 cm³/mol. The third kappa shape index (κ3) is 3.10. The van der Waals surface area contributed by atoms with Gasteiger partial charge in [0, 0.05) is 0 Å². The number of rotatable bonds is 4. The van der Waals surface area contributed by atoms with Crippen LogP contribution < -0.4 is 0 Å². The largest absolute Gasteiger partial charge is 0.375 e. The molecule has 1 aliphatic carbocycles. The zero-order chi connectivity index (χ0) is 9.80. The summed E-state index contributed by atoms with van der Waals surface area (Å²) in [5, 5.41) is 0. The van der Waals surface area contributed by atoms with Crippen molar-refractivity contribution in [3.8, 4) is 0 Å². The quantitative estimate of drug-likeness (QED) is 0.509. The van der Waals surface area contributed by atoms with Crippen LogP contribution in [0.1, 0.15) is 32.6 Å². The van der Waals surface area contributed by atoms with Gasteiger partial charge in [-0.05, 0) is 38.5 Å². The molecule has 2 aliphatic rings. The van der Waals surface area contributed by atoms with E-state index in [1.807, 2.05) is 0 Å². The first-order valence-electron chi connectivity index (χ1n) is 5.74.